The van der Waals surface area contributed by atoms with Crippen LogP contribution < -0.4 is 10.1 Å². The molecule has 0 fully saturated rings. The van der Waals surface area contributed by atoms with Gasteiger partial charge in [-0.2, -0.15) is 0 Å². The van der Waals surface area contributed by atoms with Gasteiger partial charge in [-0.15, -0.1) is 0 Å². The number of ketones is 1. The molecule has 1 amide bonds. The first kappa shape index (κ1) is 17.5. The molecule has 0 atom stereocenters. The van der Waals surface area contributed by atoms with Gasteiger partial charge in [-0.25, -0.2) is 0 Å². The lowest BCUT2D eigenvalue weighted by atomic mass is 10.1. The average molecular weight is 423 g/mol. The summed E-state index contributed by atoms with van der Waals surface area (Å²) >= 11 is 2.21. The summed E-state index contributed by atoms with van der Waals surface area (Å²) in [4.78, 5) is 23.0. The highest BCUT2D eigenvalue weighted by Crippen LogP contribution is 2.14. The lowest BCUT2D eigenvalue weighted by Crippen LogP contribution is -2.12. The first-order chi connectivity index (χ1) is 11.0. The van der Waals surface area contributed by atoms with Gasteiger partial charge < -0.3 is 10.1 Å². The highest BCUT2D eigenvalue weighted by atomic mass is 127. The van der Waals surface area contributed by atoms with Crippen LogP contribution in [0.5, 0.6) is 5.75 Å². The van der Waals surface area contributed by atoms with E-state index in [1.165, 1.54) is 6.92 Å². The van der Waals surface area contributed by atoms with Gasteiger partial charge >= 0.3 is 0 Å². The summed E-state index contributed by atoms with van der Waals surface area (Å²) < 4.78 is 6.65. The predicted octanol–water partition coefficient (Wildman–Crippen LogP) is 4.29. The monoisotopic (exact) mass is 423 g/mol. The number of carbonyl (C=O) groups excluding carboxylic acids is 2. The molecule has 2 aromatic carbocycles. The lowest BCUT2D eigenvalue weighted by molar-refractivity contribution is -0.116. The number of carbonyl (C=O) groups is 2. The van der Waals surface area contributed by atoms with Crippen LogP contribution in [0, 0.1) is 3.57 Å². The van der Waals surface area contributed by atoms with Gasteiger partial charge in [0.2, 0.25) is 5.91 Å². The SMILES string of the molecule is CC(=O)c1ccc(OCCCC(=O)Nc2cccc(I)c2)cc1. The zero-order valence-electron chi connectivity index (χ0n) is 12.8. The molecule has 0 radical (unpaired) electrons. The highest BCUT2D eigenvalue weighted by molar-refractivity contribution is 14.1. The number of hydrogen-bond donors (Lipinski definition) is 1. The Morgan fingerprint density at radius 1 is 1.13 bits per heavy atom. The second-order valence-corrected chi connectivity index (χ2v) is 6.34. The summed E-state index contributed by atoms with van der Waals surface area (Å²) in [6.45, 7) is 1.99. The molecular formula is C18H18INO3. The van der Waals surface area contributed by atoms with Crippen molar-refractivity contribution in [2.75, 3.05) is 11.9 Å². The van der Waals surface area contributed by atoms with E-state index in [0.29, 0.717) is 30.8 Å². The van der Waals surface area contributed by atoms with Gasteiger partial charge in [-0.3, -0.25) is 9.59 Å². The maximum Gasteiger partial charge on any atom is 0.224 e. The summed E-state index contributed by atoms with van der Waals surface area (Å²) in [6.07, 6.45) is 1.03. The minimum Gasteiger partial charge on any atom is -0.494 e. The van der Waals surface area contributed by atoms with Crippen LogP contribution in [0.4, 0.5) is 5.69 Å². The Balaban J connectivity index is 1.70. The molecule has 0 aliphatic carbocycles. The molecule has 0 saturated carbocycles. The van der Waals surface area contributed by atoms with E-state index in [9.17, 15) is 9.59 Å². The topological polar surface area (TPSA) is 55.4 Å². The summed E-state index contributed by atoms with van der Waals surface area (Å²) in [6, 6.07) is 14.7. The second kappa shape index (κ2) is 8.67. The van der Waals surface area contributed by atoms with Gasteiger partial charge in [0, 0.05) is 21.2 Å². The fourth-order valence-electron chi connectivity index (χ4n) is 2.00. The molecule has 0 unspecified atom stereocenters. The molecule has 0 spiro atoms. The smallest absolute Gasteiger partial charge is 0.224 e. The maximum absolute atomic E-state index is 11.8. The Hall–Kier alpha value is -1.89. The molecule has 0 saturated heterocycles. The van der Waals surface area contributed by atoms with Crippen LogP contribution in [0.15, 0.2) is 48.5 Å². The van der Waals surface area contributed by atoms with Crippen LogP contribution in [0.25, 0.3) is 0 Å². The van der Waals surface area contributed by atoms with Crippen LogP contribution in [-0.2, 0) is 4.79 Å². The number of Topliss-reactive ketones (excluding diaryl/α,β-unsaturated/α-hetero) is 1. The van der Waals surface area contributed by atoms with E-state index in [1.807, 2.05) is 24.3 Å². The van der Waals surface area contributed by atoms with Gasteiger partial charge in [0.1, 0.15) is 5.75 Å². The molecule has 23 heavy (non-hydrogen) atoms. The molecule has 0 bridgehead atoms. The van der Waals surface area contributed by atoms with Crippen molar-refractivity contribution in [3.63, 3.8) is 0 Å². The van der Waals surface area contributed by atoms with E-state index in [0.717, 1.165) is 9.26 Å². The average Bonchev–Trinajstić information content (AvgIpc) is 2.52. The molecular weight excluding hydrogens is 405 g/mol. The maximum atomic E-state index is 11.8. The molecule has 0 heterocycles. The second-order valence-electron chi connectivity index (χ2n) is 5.09. The fraction of sp³-hybridized carbons (Fsp3) is 0.222. The van der Waals surface area contributed by atoms with Crippen LogP contribution in [0.2, 0.25) is 0 Å². The van der Waals surface area contributed by atoms with Gasteiger partial charge in [0.15, 0.2) is 5.78 Å². The molecule has 1 N–H and O–H groups in total. The minimum atomic E-state index is -0.0254. The minimum absolute atomic E-state index is 0.0254. The summed E-state index contributed by atoms with van der Waals surface area (Å²) in [7, 11) is 0. The predicted molar refractivity (Wildman–Crippen MR) is 99.0 cm³/mol. The third-order valence-electron chi connectivity index (χ3n) is 3.19. The molecule has 0 aliphatic rings. The van der Waals surface area contributed by atoms with Gasteiger partial charge in [0.05, 0.1) is 6.61 Å². The van der Waals surface area contributed by atoms with E-state index >= 15 is 0 Å². The largest absolute Gasteiger partial charge is 0.494 e. The third kappa shape index (κ3) is 6.02. The summed E-state index contributed by atoms with van der Waals surface area (Å²) in [5, 5.41) is 2.86. The molecule has 5 heteroatoms. The number of ether oxygens (including phenoxy) is 1. The molecule has 0 aromatic heterocycles. The fourth-order valence-corrected chi connectivity index (χ4v) is 2.54. The number of amides is 1. The standard InChI is InChI=1S/C18H18INO3/c1-13(21)14-7-9-17(10-8-14)23-11-3-6-18(22)20-16-5-2-4-15(19)12-16/h2,4-5,7-10,12H,3,6,11H2,1H3,(H,20,22). The van der Waals surface area contributed by atoms with Crippen LogP contribution in [0.3, 0.4) is 0 Å². The Bertz CT molecular complexity index is 683. The molecule has 120 valence electrons. The van der Waals surface area contributed by atoms with E-state index in [1.54, 1.807) is 24.3 Å². The first-order valence-electron chi connectivity index (χ1n) is 7.34. The molecule has 2 rings (SSSR count). The zero-order valence-corrected chi connectivity index (χ0v) is 15.0. The number of rotatable bonds is 7. The zero-order chi connectivity index (χ0) is 16.7. The Labute approximate surface area is 149 Å². The summed E-state index contributed by atoms with van der Waals surface area (Å²) in [5.41, 5.74) is 1.47. The quantitative estimate of drug-likeness (QED) is 0.411. The van der Waals surface area contributed by atoms with Gasteiger partial charge in [-0.05, 0) is 78.4 Å². The Morgan fingerprint density at radius 2 is 1.87 bits per heavy atom. The number of benzene rings is 2. The third-order valence-corrected chi connectivity index (χ3v) is 3.86. The van der Waals surface area contributed by atoms with Gasteiger partial charge in [-0.1, -0.05) is 6.07 Å². The van der Waals surface area contributed by atoms with E-state index in [-0.39, 0.29) is 11.7 Å². The molecule has 2 aromatic rings. The van der Waals surface area contributed by atoms with Gasteiger partial charge in [0.25, 0.3) is 0 Å². The highest BCUT2D eigenvalue weighted by Gasteiger charge is 2.04. The van der Waals surface area contributed by atoms with Crippen LogP contribution >= 0.6 is 22.6 Å². The van der Waals surface area contributed by atoms with Crippen molar-refractivity contribution in [1.29, 1.82) is 0 Å². The number of hydrogen-bond acceptors (Lipinski definition) is 3. The van der Waals surface area contributed by atoms with Crippen molar-refractivity contribution in [3.8, 4) is 5.75 Å². The van der Waals surface area contributed by atoms with Crippen molar-refractivity contribution in [2.45, 2.75) is 19.8 Å². The molecule has 4 nitrogen and oxygen atoms in total. The Kier molecular flexibility index (Phi) is 6.58. The number of nitrogens with one attached hydrogen (secondary N) is 1. The van der Waals surface area contributed by atoms with Crippen LogP contribution in [-0.4, -0.2) is 18.3 Å². The van der Waals surface area contributed by atoms with Crippen LogP contribution in [0.1, 0.15) is 30.1 Å². The number of anilines is 1. The van der Waals surface area contributed by atoms with E-state index in [4.69, 9.17) is 4.74 Å². The van der Waals surface area contributed by atoms with E-state index < -0.39 is 0 Å². The van der Waals surface area contributed by atoms with Crippen molar-refractivity contribution >= 4 is 40.0 Å². The van der Waals surface area contributed by atoms with Crippen molar-refractivity contribution in [1.82, 2.24) is 0 Å². The molecule has 0 aliphatic heterocycles. The number of halogens is 1. The Morgan fingerprint density at radius 3 is 2.52 bits per heavy atom. The first-order valence-corrected chi connectivity index (χ1v) is 8.42. The van der Waals surface area contributed by atoms with E-state index in [2.05, 4.69) is 27.9 Å². The van der Waals surface area contributed by atoms with Crippen molar-refractivity contribution in [3.05, 3.63) is 57.7 Å². The summed E-state index contributed by atoms with van der Waals surface area (Å²) in [5.74, 6) is 0.708. The van der Waals surface area contributed by atoms with Crippen molar-refractivity contribution < 1.29 is 14.3 Å². The van der Waals surface area contributed by atoms with Crippen molar-refractivity contribution in [2.24, 2.45) is 0 Å². The lowest BCUT2D eigenvalue weighted by Gasteiger charge is -2.08. The normalized spacial score (nSPS) is 10.2.